The SMILES string of the molecule is C[C@]12CC[C@@H]3c4ccc(C(=O)O)cc4CCC3[C@@H]1C[C@H](Cc1cccc(C(N)=O)c1)[C@@H]2O. The molecule has 6 atom stereocenters. The Hall–Kier alpha value is -2.66. The number of nitrogens with two attached hydrogens (primary N) is 1. The maximum atomic E-state index is 11.6. The van der Waals surface area contributed by atoms with Crippen molar-refractivity contribution >= 4 is 11.9 Å². The minimum Gasteiger partial charge on any atom is -0.478 e. The number of benzene rings is 2. The summed E-state index contributed by atoms with van der Waals surface area (Å²) in [4.78, 5) is 23.0. The predicted molar refractivity (Wildman–Crippen MR) is 122 cm³/mol. The van der Waals surface area contributed by atoms with Crippen molar-refractivity contribution in [3.05, 3.63) is 70.3 Å². The molecule has 5 rings (SSSR count). The van der Waals surface area contributed by atoms with Crippen molar-refractivity contribution in [1.82, 2.24) is 0 Å². The average Bonchev–Trinajstić information content (AvgIpc) is 3.03. The van der Waals surface area contributed by atoms with E-state index in [0.717, 1.165) is 44.1 Å². The topological polar surface area (TPSA) is 101 Å². The van der Waals surface area contributed by atoms with Crippen LogP contribution in [0, 0.1) is 23.2 Å². The third-order valence-corrected chi connectivity index (χ3v) is 8.80. The van der Waals surface area contributed by atoms with Crippen LogP contribution in [-0.2, 0) is 12.8 Å². The molecule has 1 amide bonds. The van der Waals surface area contributed by atoms with Crippen LogP contribution in [-0.4, -0.2) is 28.2 Å². The Morgan fingerprint density at radius 1 is 1.12 bits per heavy atom. The average molecular weight is 434 g/mol. The molecule has 2 aromatic carbocycles. The molecule has 0 bridgehead atoms. The lowest BCUT2D eigenvalue weighted by Crippen LogP contribution is -2.44. The zero-order valence-electron chi connectivity index (χ0n) is 18.5. The van der Waals surface area contributed by atoms with Gasteiger partial charge in [0.1, 0.15) is 0 Å². The first kappa shape index (κ1) is 21.2. The van der Waals surface area contributed by atoms with Crippen LogP contribution in [0.25, 0.3) is 0 Å². The van der Waals surface area contributed by atoms with Crippen molar-refractivity contribution < 1.29 is 19.8 Å². The number of carboxylic acids is 1. The molecule has 0 spiro atoms. The van der Waals surface area contributed by atoms with E-state index in [0.29, 0.717) is 28.9 Å². The number of aliphatic hydroxyl groups is 1. The monoisotopic (exact) mass is 433 g/mol. The van der Waals surface area contributed by atoms with E-state index in [2.05, 4.69) is 6.92 Å². The van der Waals surface area contributed by atoms with E-state index in [1.54, 1.807) is 12.1 Å². The number of hydrogen-bond acceptors (Lipinski definition) is 3. The summed E-state index contributed by atoms with van der Waals surface area (Å²) in [5.41, 5.74) is 9.81. The second kappa shape index (κ2) is 7.73. The van der Waals surface area contributed by atoms with Gasteiger partial charge in [0.2, 0.25) is 5.91 Å². The molecule has 5 heteroatoms. The standard InChI is InChI=1S/C27H31NO4/c1-27-10-9-21-20-7-6-18(26(31)32)13-16(20)5-8-22(21)23(27)14-19(24(27)29)12-15-3-2-4-17(11-15)25(28)30/h2-4,6-7,11,13,19,21-24,29H,5,8-10,12,14H2,1H3,(H2,28,30)(H,31,32)/t19-,21+,22?,23-,24-,27-/m0/s1. The number of primary amides is 1. The van der Waals surface area contributed by atoms with Crippen LogP contribution in [0.1, 0.15) is 75.9 Å². The fourth-order valence-electron chi connectivity index (χ4n) is 7.22. The number of aryl methyl sites for hydroxylation is 1. The molecule has 1 unspecified atom stereocenters. The largest absolute Gasteiger partial charge is 0.478 e. The van der Waals surface area contributed by atoms with Crippen molar-refractivity contribution in [1.29, 1.82) is 0 Å². The van der Waals surface area contributed by atoms with Crippen LogP contribution >= 0.6 is 0 Å². The molecule has 3 aliphatic carbocycles. The molecule has 2 saturated carbocycles. The van der Waals surface area contributed by atoms with Gasteiger partial charge >= 0.3 is 5.97 Å². The lowest BCUT2D eigenvalue weighted by molar-refractivity contribution is -0.0325. The van der Waals surface area contributed by atoms with Crippen LogP contribution in [0.3, 0.4) is 0 Å². The number of amides is 1. The number of carbonyl (C=O) groups excluding carboxylic acids is 1. The number of aliphatic hydroxyl groups excluding tert-OH is 1. The summed E-state index contributed by atoms with van der Waals surface area (Å²) in [5, 5.41) is 20.8. The van der Waals surface area contributed by atoms with Gasteiger partial charge in [-0.3, -0.25) is 4.79 Å². The molecule has 5 nitrogen and oxygen atoms in total. The molecule has 0 heterocycles. The first-order valence-corrected chi connectivity index (χ1v) is 11.7. The molecule has 4 N–H and O–H groups in total. The number of carbonyl (C=O) groups is 2. The first-order chi connectivity index (χ1) is 15.3. The van der Waals surface area contributed by atoms with Crippen molar-refractivity contribution in [2.45, 2.75) is 57.5 Å². The van der Waals surface area contributed by atoms with E-state index in [1.807, 2.05) is 30.3 Å². The summed E-state index contributed by atoms with van der Waals surface area (Å²) < 4.78 is 0. The molecule has 168 valence electrons. The van der Waals surface area contributed by atoms with E-state index < -0.39 is 11.9 Å². The van der Waals surface area contributed by atoms with E-state index >= 15 is 0 Å². The predicted octanol–water partition coefficient (Wildman–Crippen LogP) is 4.17. The van der Waals surface area contributed by atoms with Crippen molar-refractivity contribution in [2.24, 2.45) is 28.9 Å². The Morgan fingerprint density at radius 2 is 1.94 bits per heavy atom. The molecule has 32 heavy (non-hydrogen) atoms. The normalized spacial score (nSPS) is 33.1. The molecule has 0 aliphatic heterocycles. The van der Waals surface area contributed by atoms with Crippen molar-refractivity contribution in [3.63, 3.8) is 0 Å². The zero-order chi connectivity index (χ0) is 22.6. The summed E-state index contributed by atoms with van der Waals surface area (Å²) in [6, 6.07) is 13.1. The second-order valence-electron chi connectivity index (χ2n) is 10.4. The minimum absolute atomic E-state index is 0.0916. The van der Waals surface area contributed by atoms with Gasteiger partial charge in [-0.25, -0.2) is 4.79 Å². The van der Waals surface area contributed by atoms with Crippen molar-refractivity contribution in [3.8, 4) is 0 Å². The van der Waals surface area contributed by atoms with Gasteiger partial charge in [-0.15, -0.1) is 0 Å². The Morgan fingerprint density at radius 3 is 2.69 bits per heavy atom. The lowest BCUT2D eigenvalue weighted by Gasteiger charge is -2.50. The van der Waals surface area contributed by atoms with Gasteiger partial charge in [-0.05, 0) is 109 Å². The molecule has 3 aliphatic rings. The third kappa shape index (κ3) is 3.34. The number of carboxylic acid groups (broad SMARTS) is 1. The summed E-state index contributed by atoms with van der Waals surface area (Å²) in [5.74, 6) is 0.301. The fraction of sp³-hybridized carbons (Fsp3) is 0.481. The maximum absolute atomic E-state index is 11.6. The maximum Gasteiger partial charge on any atom is 0.335 e. The van der Waals surface area contributed by atoms with Crippen LogP contribution in [0.2, 0.25) is 0 Å². The van der Waals surface area contributed by atoms with Gasteiger partial charge in [0.05, 0.1) is 11.7 Å². The number of aromatic carboxylic acids is 1. The first-order valence-electron chi connectivity index (χ1n) is 11.7. The summed E-state index contributed by atoms with van der Waals surface area (Å²) in [7, 11) is 0. The van der Waals surface area contributed by atoms with E-state index in [-0.39, 0.29) is 17.4 Å². The highest BCUT2D eigenvalue weighted by atomic mass is 16.4. The van der Waals surface area contributed by atoms with Gasteiger partial charge in [0.25, 0.3) is 0 Å². The van der Waals surface area contributed by atoms with Crippen LogP contribution in [0.4, 0.5) is 0 Å². The molecule has 0 saturated heterocycles. The molecule has 0 radical (unpaired) electrons. The molecule has 2 fully saturated rings. The van der Waals surface area contributed by atoms with E-state index in [1.165, 1.54) is 11.1 Å². The Balaban J connectivity index is 1.39. The summed E-state index contributed by atoms with van der Waals surface area (Å²) in [6.45, 7) is 2.27. The quantitative estimate of drug-likeness (QED) is 0.674. The highest BCUT2D eigenvalue weighted by molar-refractivity contribution is 5.92. The van der Waals surface area contributed by atoms with E-state index in [9.17, 15) is 19.8 Å². The third-order valence-electron chi connectivity index (χ3n) is 8.80. The minimum atomic E-state index is -0.867. The molecule has 0 aromatic heterocycles. The van der Waals surface area contributed by atoms with Gasteiger partial charge in [-0.2, -0.15) is 0 Å². The molecular weight excluding hydrogens is 402 g/mol. The fourth-order valence-corrected chi connectivity index (χ4v) is 7.22. The van der Waals surface area contributed by atoms with Gasteiger partial charge in [-0.1, -0.05) is 25.1 Å². The van der Waals surface area contributed by atoms with Crippen LogP contribution in [0.15, 0.2) is 42.5 Å². The Kier molecular flexibility index (Phi) is 5.12. The molecular formula is C27H31NO4. The van der Waals surface area contributed by atoms with Gasteiger partial charge < -0.3 is 15.9 Å². The number of fused-ring (bicyclic) bond motifs is 5. The van der Waals surface area contributed by atoms with Gasteiger partial charge in [0.15, 0.2) is 0 Å². The summed E-state index contributed by atoms with van der Waals surface area (Å²) >= 11 is 0. The molecule has 2 aromatic rings. The van der Waals surface area contributed by atoms with Crippen molar-refractivity contribution in [2.75, 3.05) is 0 Å². The Labute approximate surface area is 188 Å². The van der Waals surface area contributed by atoms with Crippen LogP contribution in [0.5, 0.6) is 0 Å². The summed E-state index contributed by atoms with van der Waals surface area (Å²) in [6.07, 6.45) is 5.37. The smallest absolute Gasteiger partial charge is 0.335 e. The number of hydrogen-bond donors (Lipinski definition) is 3. The second-order valence-corrected chi connectivity index (χ2v) is 10.4. The van der Waals surface area contributed by atoms with Crippen LogP contribution < -0.4 is 5.73 Å². The Bertz CT molecular complexity index is 1080. The highest BCUT2D eigenvalue weighted by Gasteiger charge is 2.57. The lowest BCUT2D eigenvalue weighted by atomic mass is 9.55. The zero-order valence-corrected chi connectivity index (χ0v) is 18.5. The number of rotatable bonds is 4. The highest BCUT2D eigenvalue weighted by Crippen LogP contribution is 2.62. The van der Waals surface area contributed by atoms with E-state index in [4.69, 9.17) is 5.73 Å². The van der Waals surface area contributed by atoms with Gasteiger partial charge in [0, 0.05) is 5.56 Å².